The molecule has 0 saturated carbocycles. The van der Waals surface area contributed by atoms with Gasteiger partial charge in [0.15, 0.2) is 11.7 Å². The normalized spacial score (nSPS) is 11.2. The highest BCUT2D eigenvalue weighted by molar-refractivity contribution is 5.10. The molecule has 0 aromatic carbocycles. The van der Waals surface area contributed by atoms with E-state index in [2.05, 4.69) is 25.8 Å². The second kappa shape index (κ2) is 5.15. The zero-order chi connectivity index (χ0) is 10.6. The molecule has 0 aliphatic heterocycles. The van der Waals surface area contributed by atoms with Gasteiger partial charge in [-0.3, -0.25) is 0 Å². The maximum Gasteiger partial charge on any atom is 0.197 e. The van der Waals surface area contributed by atoms with Crippen LogP contribution in [0.25, 0.3) is 0 Å². The summed E-state index contributed by atoms with van der Waals surface area (Å²) in [6, 6.07) is 0. The highest BCUT2D eigenvalue weighted by Gasteiger charge is 2.13. The Morgan fingerprint density at radius 1 is 1.36 bits per heavy atom. The van der Waals surface area contributed by atoms with Gasteiger partial charge in [0.2, 0.25) is 0 Å². The smallest absolute Gasteiger partial charge is 0.197 e. The summed E-state index contributed by atoms with van der Waals surface area (Å²) >= 11 is 0. The molecule has 80 valence electrons. The van der Waals surface area contributed by atoms with Crippen molar-refractivity contribution in [3.63, 3.8) is 0 Å². The van der Waals surface area contributed by atoms with Gasteiger partial charge in [0.1, 0.15) is 6.61 Å². The summed E-state index contributed by atoms with van der Waals surface area (Å²) in [6.07, 6.45) is 0.901. The van der Waals surface area contributed by atoms with Crippen molar-refractivity contribution in [3.8, 4) is 0 Å². The standard InChI is InChI=1S/C11H19NO2/c1-5-9-10(7-13-6-2)14-11(12-9)8(3)4/h8H,5-7H2,1-4H3. The molecule has 1 heterocycles. The van der Waals surface area contributed by atoms with Crippen molar-refractivity contribution in [1.29, 1.82) is 0 Å². The minimum absolute atomic E-state index is 0.343. The van der Waals surface area contributed by atoms with Gasteiger partial charge in [-0.05, 0) is 13.3 Å². The Labute approximate surface area is 85.5 Å². The number of aryl methyl sites for hydroxylation is 1. The molecule has 0 saturated heterocycles. The molecule has 3 nitrogen and oxygen atoms in total. The SMILES string of the molecule is CCOCc1oc(C(C)C)nc1CC. The van der Waals surface area contributed by atoms with E-state index in [9.17, 15) is 0 Å². The molecule has 3 heteroatoms. The molecule has 0 unspecified atom stereocenters. The average Bonchev–Trinajstić information content (AvgIpc) is 2.57. The minimum atomic E-state index is 0.343. The molecule has 0 amide bonds. The molecule has 1 rings (SSSR count). The fraction of sp³-hybridized carbons (Fsp3) is 0.727. The van der Waals surface area contributed by atoms with Crippen LogP contribution in [0.5, 0.6) is 0 Å². The minimum Gasteiger partial charge on any atom is -0.443 e. The molecule has 0 fully saturated rings. The van der Waals surface area contributed by atoms with Crippen LogP contribution in [0.4, 0.5) is 0 Å². The van der Waals surface area contributed by atoms with Gasteiger partial charge in [-0.15, -0.1) is 0 Å². The third-order valence-electron chi connectivity index (χ3n) is 2.06. The predicted molar refractivity (Wildman–Crippen MR) is 55.3 cm³/mol. The van der Waals surface area contributed by atoms with Gasteiger partial charge in [0.25, 0.3) is 0 Å². The lowest BCUT2D eigenvalue weighted by Crippen LogP contribution is -1.94. The van der Waals surface area contributed by atoms with Crippen molar-refractivity contribution in [2.24, 2.45) is 0 Å². The zero-order valence-electron chi connectivity index (χ0n) is 9.46. The maximum absolute atomic E-state index is 5.63. The van der Waals surface area contributed by atoms with E-state index in [1.54, 1.807) is 0 Å². The van der Waals surface area contributed by atoms with E-state index >= 15 is 0 Å². The fourth-order valence-electron chi connectivity index (χ4n) is 1.23. The van der Waals surface area contributed by atoms with Crippen molar-refractivity contribution in [1.82, 2.24) is 4.98 Å². The number of oxazole rings is 1. The van der Waals surface area contributed by atoms with Crippen LogP contribution >= 0.6 is 0 Å². The summed E-state index contributed by atoms with van der Waals surface area (Å²) in [4.78, 5) is 4.43. The van der Waals surface area contributed by atoms with Crippen LogP contribution < -0.4 is 0 Å². The van der Waals surface area contributed by atoms with E-state index in [0.717, 1.165) is 23.8 Å². The van der Waals surface area contributed by atoms with Crippen LogP contribution in [0, 0.1) is 0 Å². The molecule has 0 spiro atoms. The van der Waals surface area contributed by atoms with Crippen LogP contribution in [0.1, 0.15) is 51.0 Å². The van der Waals surface area contributed by atoms with Crippen molar-refractivity contribution in [2.75, 3.05) is 6.61 Å². The van der Waals surface area contributed by atoms with E-state index in [-0.39, 0.29) is 0 Å². The number of hydrogen-bond donors (Lipinski definition) is 0. The maximum atomic E-state index is 5.63. The summed E-state index contributed by atoms with van der Waals surface area (Å²) in [5.41, 5.74) is 1.03. The Balaban J connectivity index is 2.79. The predicted octanol–water partition coefficient (Wildman–Crippen LogP) is 2.90. The highest BCUT2D eigenvalue weighted by Crippen LogP contribution is 2.19. The van der Waals surface area contributed by atoms with Crippen molar-refractivity contribution in [3.05, 3.63) is 17.3 Å². The molecule has 0 radical (unpaired) electrons. The van der Waals surface area contributed by atoms with E-state index < -0.39 is 0 Å². The van der Waals surface area contributed by atoms with Crippen molar-refractivity contribution >= 4 is 0 Å². The lowest BCUT2D eigenvalue weighted by molar-refractivity contribution is 0.116. The van der Waals surface area contributed by atoms with Gasteiger partial charge in [0.05, 0.1) is 5.69 Å². The van der Waals surface area contributed by atoms with E-state index in [1.165, 1.54) is 0 Å². The molecular formula is C11H19NO2. The van der Waals surface area contributed by atoms with E-state index in [0.29, 0.717) is 19.1 Å². The summed E-state index contributed by atoms with van der Waals surface area (Å²) in [6.45, 7) is 9.47. The Morgan fingerprint density at radius 2 is 2.07 bits per heavy atom. The number of rotatable bonds is 5. The summed E-state index contributed by atoms with van der Waals surface area (Å²) < 4.78 is 11.0. The Hall–Kier alpha value is -0.830. The third-order valence-corrected chi connectivity index (χ3v) is 2.06. The van der Waals surface area contributed by atoms with Crippen molar-refractivity contribution < 1.29 is 9.15 Å². The van der Waals surface area contributed by atoms with Gasteiger partial charge in [-0.25, -0.2) is 4.98 Å². The van der Waals surface area contributed by atoms with E-state index in [1.807, 2.05) is 6.92 Å². The molecule has 1 aromatic rings. The van der Waals surface area contributed by atoms with E-state index in [4.69, 9.17) is 9.15 Å². The Kier molecular flexibility index (Phi) is 4.14. The van der Waals surface area contributed by atoms with Gasteiger partial charge in [0, 0.05) is 12.5 Å². The molecule has 0 aliphatic carbocycles. The van der Waals surface area contributed by atoms with Crippen LogP contribution in [0.15, 0.2) is 4.42 Å². The second-order valence-electron chi connectivity index (χ2n) is 3.57. The number of ether oxygens (including phenoxy) is 1. The molecular weight excluding hydrogens is 178 g/mol. The topological polar surface area (TPSA) is 35.3 Å². The quantitative estimate of drug-likeness (QED) is 0.728. The third kappa shape index (κ3) is 2.58. The zero-order valence-corrected chi connectivity index (χ0v) is 9.46. The van der Waals surface area contributed by atoms with Gasteiger partial charge in [-0.1, -0.05) is 20.8 Å². The fourth-order valence-corrected chi connectivity index (χ4v) is 1.23. The average molecular weight is 197 g/mol. The Morgan fingerprint density at radius 3 is 2.57 bits per heavy atom. The summed E-state index contributed by atoms with van der Waals surface area (Å²) in [5, 5.41) is 0. The largest absolute Gasteiger partial charge is 0.443 e. The van der Waals surface area contributed by atoms with Gasteiger partial charge >= 0.3 is 0 Å². The molecule has 0 N–H and O–H groups in total. The summed E-state index contributed by atoms with van der Waals surface area (Å²) in [5.74, 6) is 2.05. The first-order valence-corrected chi connectivity index (χ1v) is 5.25. The van der Waals surface area contributed by atoms with Crippen LogP contribution in [0.3, 0.4) is 0 Å². The highest BCUT2D eigenvalue weighted by atomic mass is 16.5. The molecule has 14 heavy (non-hydrogen) atoms. The first-order chi connectivity index (χ1) is 6.69. The first-order valence-electron chi connectivity index (χ1n) is 5.25. The van der Waals surface area contributed by atoms with Crippen LogP contribution in [0.2, 0.25) is 0 Å². The number of aromatic nitrogens is 1. The van der Waals surface area contributed by atoms with Crippen molar-refractivity contribution in [2.45, 2.75) is 46.6 Å². The molecule has 0 aliphatic rings. The second-order valence-corrected chi connectivity index (χ2v) is 3.57. The van der Waals surface area contributed by atoms with Gasteiger partial charge < -0.3 is 9.15 Å². The number of hydrogen-bond acceptors (Lipinski definition) is 3. The lowest BCUT2D eigenvalue weighted by Gasteiger charge is -1.98. The summed E-state index contributed by atoms with van der Waals surface area (Å²) in [7, 11) is 0. The molecule has 1 aromatic heterocycles. The lowest BCUT2D eigenvalue weighted by atomic mass is 10.2. The van der Waals surface area contributed by atoms with Crippen LogP contribution in [-0.2, 0) is 17.8 Å². The first kappa shape index (κ1) is 11.2. The molecule has 0 bridgehead atoms. The number of nitrogens with zero attached hydrogens (tertiary/aromatic N) is 1. The monoisotopic (exact) mass is 197 g/mol. The van der Waals surface area contributed by atoms with Crippen LogP contribution in [-0.4, -0.2) is 11.6 Å². The molecule has 0 atom stereocenters. The van der Waals surface area contributed by atoms with Gasteiger partial charge in [-0.2, -0.15) is 0 Å². The Bertz CT molecular complexity index is 279.